The van der Waals surface area contributed by atoms with E-state index in [-0.39, 0.29) is 5.88 Å². The van der Waals surface area contributed by atoms with Crippen LogP contribution in [0.25, 0.3) is 33.0 Å². The third-order valence-corrected chi connectivity index (χ3v) is 4.25. The predicted octanol–water partition coefficient (Wildman–Crippen LogP) is 2.86. The molecule has 0 aliphatic rings. The lowest BCUT2D eigenvalue weighted by molar-refractivity contribution is 0.461. The van der Waals surface area contributed by atoms with Crippen LogP contribution in [-0.4, -0.2) is 29.8 Å². The Labute approximate surface area is 129 Å². The molecule has 0 amide bonds. The van der Waals surface area contributed by atoms with Crippen LogP contribution < -0.4 is 0 Å². The van der Waals surface area contributed by atoms with E-state index in [4.69, 9.17) is 0 Å². The van der Waals surface area contributed by atoms with Crippen LogP contribution in [0, 0.1) is 0 Å². The van der Waals surface area contributed by atoms with Crippen LogP contribution >= 0.6 is 11.3 Å². The van der Waals surface area contributed by atoms with E-state index in [0.29, 0.717) is 21.7 Å². The molecule has 0 aromatic carbocycles. The second kappa shape index (κ2) is 4.88. The maximum Gasteiger partial charge on any atom is 0.233 e. The van der Waals surface area contributed by atoms with Gasteiger partial charge < -0.3 is 5.11 Å². The van der Waals surface area contributed by atoms with Crippen LogP contribution in [-0.2, 0) is 7.05 Å². The smallest absolute Gasteiger partial charge is 0.233 e. The molecule has 0 aliphatic carbocycles. The van der Waals surface area contributed by atoms with Gasteiger partial charge in [0.2, 0.25) is 5.88 Å². The molecule has 0 atom stereocenters. The Balaban J connectivity index is 1.96. The number of rotatable bonds is 2. The van der Waals surface area contributed by atoms with Crippen molar-refractivity contribution in [1.82, 2.24) is 24.7 Å². The van der Waals surface area contributed by atoms with E-state index in [9.17, 15) is 5.11 Å². The van der Waals surface area contributed by atoms with Gasteiger partial charge in [0.15, 0.2) is 5.82 Å². The highest BCUT2D eigenvalue weighted by molar-refractivity contribution is 7.18. The second-order valence-electron chi connectivity index (χ2n) is 4.79. The van der Waals surface area contributed by atoms with E-state index >= 15 is 0 Å². The first kappa shape index (κ1) is 12.9. The van der Waals surface area contributed by atoms with E-state index in [1.54, 1.807) is 10.9 Å². The zero-order valence-corrected chi connectivity index (χ0v) is 12.4. The number of aromatic hydroxyl groups is 1. The highest BCUT2D eigenvalue weighted by Gasteiger charge is 2.16. The summed E-state index contributed by atoms with van der Waals surface area (Å²) in [5, 5.41) is 16.4. The molecule has 0 aliphatic heterocycles. The van der Waals surface area contributed by atoms with Gasteiger partial charge in [-0.15, -0.1) is 11.3 Å². The first-order valence-corrected chi connectivity index (χ1v) is 7.50. The maximum absolute atomic E-state index is 10.2. The average molecular weight is 309 g/mol. The van der Waals surface area contributed by atoms with Crippen LogP contribution in [0.2, 0.25) is 0 Å². The Bertz CT molecular complexity index is 961. The quantitative estimate of drug-likeness (QED) is 0.616. The van der Waals surface area contributed by atoms with Crippen molar-refractivity contribution in [2.45, 2.75) is 0 Å². The summed E-state index contributed by atoms with van der Waals surface area (Å²) in [6.45, 7) is 0. The summed E-state index contributed by atoms with van der Waals surface area (Å²) in [6, 6.07) is 7.52. The van der Waals surface area contributed by atoms with Gasteiger partial charge in [-0.1, -0.05) is 6.07 Å². The molecule has 0 saturated carbocycles. The molecule has 7 heteroatoms. The van der Waals surface area contributed by atoms with Crippen LogP contribution in [0.5, 0.6) is 5.88 Å². The Morgan fingerprint density at radius 1 is 1.14 bits per heavy atom. The second-order valence-corrected chi connectivity index (χ2v) is 5.67. The van der Waals surface area contributed by atoms with Crippen molar-refractivity contribution in [2.75, 3.05) is 0 Å². The monoisotopic (exact) mass is 309 g/mol. The molecule has 0 radical (unpaired) electrons. The molecule has 4 heterocycles. The molecule has 108 valence electrons. The van der Waals surface area contributed by atoms with Gasteiger partial charge in [0.1, 0.15) is 10.4 Å². The van der Waals surface area contributed by atoms with E-state index in [1.807, 2.05) is 42.9 Å². The average Bonchev–Trinajstić information content (AvgIpc) is 3.14. The number of fused-ring (bicyclic) bond motifs is 1. The number of hydrogen-bond acceptors (Lipinski definition) is 6. The lowest BCUT2D eigenvalue weighted by Crippen LogP contribution is -1.93. The molecular weight excluding hydrogens is 298 g/mol. The molecule has 22 heavy (non-hydrogen) atoms. The normalized spacial score (nSPS) is 11.1. The molecule has 0 unspecified atom stereocenters. The molecule has 4 rings (SSSR count). The van der Waals surface area contributed by atoms with E-state index in [1.165, 1.54) is 11.3 Å². The first-order chi connectivity index (χ1) is 10.7. The molecule has 0 bridgehead atoms. The molecular formula is C15H11N5OS. The van der Waals surface area contributed by atoms with Gasteiger partial charge >= 0.3 is 0 Å². The van der Waals surface area contributed by atoms with Crippen LogP contribution in [0.4, 0.5) is 0 Å². The topological polar surface area (TPSA) is 76.7 Å². The van der Waals surface area contributed by atoms with Gasteiger partial charge in [0, 0.05) is 30.4 Å². The largest absolute Gasteiger partial charge is 0.492 e. The molecule has 6 nitrogen and oxygen atoms in total. The van der Waals surface area contributed by atoms with Crippen molar-refractivity contribution in [3.8, 4) is 28.7 Å². The third kappa shape index (κ3) is 2.03. The zero-order chi connectivity index (χ0) is 15.1. The van der Waals surface area contributed by atoms with Crippen LogP contribution in [0.1, 0.15) is 0 Å². The minimum Gasteiger partial charge on any atom is -0.492 e. The van der Waals surface area contributed by atoms with Gasteiger partial charge in [0.05, 0.1) is 11.2 Å². The molecule has 4 aromatic rings. The van der Waals surface area contributed by atoms with Crippen molar-refractivity contribution >= 4 is 21.6 Å². The summed E-state index contributed by atoms with van der Waals surface area (Å²) >= 11 is 1.40. The van der Waals surface area contributed by atoms with Crippen molar-refractivity contribution in [3.63, 3.8) is 0 Å². The summed E-state index contributed by atoms with van der Waals surface area (Å²) < 4.78 is 2.33. The highest BCUT2D eigenvalue weighted by atomic mass is 32.1. The van der Waals surface area contributed by atoms with Gasteiger partial charge in [-0.3, -0.25) is 9.67 Å². The van der Waals surface area contributed by atoms with E-state index in [0.717, 1.165) is 11.3 Å². The van der Waals surface area contributed by atoms with Gasteiger partial charge in [-0.25, -0.2) is 4.98 Å². The maximum atomic E-state index is 10.2. The summed E-state index contributed by atoms with van der Waals surface area (Å²) in [5.74, 6) is 0.374. The number of aromatic nitrogens is 5. The van der Waals surface area contributed by atoms with Crippen molar-refractivity contribution in [3.05, 3.63) is 42.0 Å². The number of nitrogens with zero attached hydrogens (tertiary/aromatic N) is 5. The van der Waals surface area contributed by atoms with Gasteiger partial charge in [-0.05, 0) is 18.2 Å². The van der Waals surface area contributed by atoms with Crippen molar-refractivity contribution < 1.29 is 5.11 Å². The lowest BCUT2D eigenvalue weighted by atomic mass is 10.2. The number of hydrogen-bond donors (Lipinski definition) is 1. The number of aryl methyl sites for hydroxylation is 1. The SMILES string of the molecule is Cn1ccc(-c2nc(O)c3scc(-c4ccccn4)c3n2)n1. The third-order valence-electron chi connectivity index (χ3n) is 3.28. The lowest BCUT2D eigenvalue weighted by Gasteiger charge is -2.01. The fourth-order valence-corrected chi connectivity index (χ4v) is 3.14. The van der Waals surface area contributed by atoms with E-state index < -0.39 is 0 Å². The highest BCUT2D eigenvalue weighted by Crippen LogP contribution is 2.36. The Morgan fingerprint density at radius 2 is 2.05 bits per heavy atom. The Kier molecular flexibility index (Phi) is 2.87. The first-order valence-electron chi connectivity index (χ1n) is 6.62. The molecule has 0 fully saturated rings. The van der Waals surface area contributed by atoms with Crippen molar-refractivity contribution in [1.29, 1.82) is 0 Å². The summed E-state index contributed by atoms with van der Waals surface area (Å²) in [6.07, 6.45) is 3.55. The number of thiophene rings is 1. The summed E-state index contributed by atoms with van der Waals surface area (Å²) in [7, 11) is 1.83. The fraction of sp³-hybridized carbons (Fsp3) is 0.0667. The summed E-state index contributed by atoms with van der Waals surface area (Å²) in [5.41, 5.74) is 3.02. The van der Waals surface area contributed by atoms with Crippen molar-refractivity contribution in [2.24, 2.45) is 7.05 Å². The molecule has 0 spiro atoms. The number of pyridine rings is 1. The standard InChI is InChI=1S/C15H11N5OS/c1-20-7-5-11(19-20)14-17-12-9(10-4-2-3-6-16-10)8-22-13(12)15(21)18-14/h2-8H,1H3,(H,17,18,21). The molecule has 1 N–H and O–H groups in total. The van der Waals surface area contributed by atoms with Gasteiger partial charge in [-0.2, -0.15) is 10.1 Å². The minimum absolute atomic E-state index is 0.0298. The fourth-order valence-electron chi connectivity index (χ4n) is 2.26. The minimum atomic E-state index is -0.0298. The zero-order valence-electron chi connectivity index (χ0n) is 11.6. The van der Waals surface area contributed by atoms with E-state index in [2.05, 4.69) is 20.1 Å². The Morgan fingerprint density at radius 3 is 2.77 bits per heavy atom. The Hall–Kier alpha value is -2.80. The summed E-state index contributed by atoms with van der Waals surface area (Å²) in [4.78, 5) is 13.1. The predicted molar refractivity (Wildman–Crippen MR) is 84.5 cm³/mol. The molecule has 4 aromatic heterocycles. The van der Waals surface area contributed by atoms with Crippen LogP contribution in [0.3, 0.4) is 0 Å². The molecule has 0 saturated heterocycles. The van der Waals surface area contributed by atoms with Gasteiger partial charge in [0.25, 0.3) is 0 Å². The van der Waals surface area contributed by atoms with Crippen LogP contribution in [0.15, 0.2) is 42.0 Å².